The molecule has 0 radical (unpaired) electrons. The van der Waals surface area contributed by atoms with Crippen molar-refractivity contribution in [3.05, 3.63) is 77.1 Å². The first-order chi connectivity index (χ1) is 16.4. The lowest BCUT2D eigenvalue weighted by atomic mass is 10.0. The molecule has 0 aliphatic carbocycles. The van der Waals surface area contributed by atoms with E-state index >= 15 is 0 Å². The number of ether oxygens (including phenoxy) is 5. The number of allylic oxidation sites excluding steroid dienone is 1. The SMILES string of the molecule is COc1cc(/C=C(/C#N)c2ccccc2F)ccc1OC(=O)c1cc(OC)c(OC)c(OC)c1. The molecule has 0 unspecified atom stereocenters. The third kappa shape index (κ3) is 5.10. The second-order valence-corrected chi connectivity index (χ2v) is 6.86. The quantitative estimate of drug-likeness (QED) is 0.198. The smallest absolute Gasteiger partial charge is 0.343 e. The minimum Gasteiger partial charge on any atom is -0.493 e. The first-order valence-electron chi connectivity index (χ1n) is 10.0. The Bertz CT molecular complexity index is 1250. The van der Waals surface area contributed by atoms with E-state index in [1.54, 1.807) is 24.3 Å². The minimum atomic E-state index is -0.676. The molecule has 3 aromatic carbocycles. The van der Waals surface area contributed by atoms with Gasteiger partial charge in [-0.3, -0.25) is 0 Å². The largest absolute Gasteiger partial charge is 0.493 e. The van der Waals surface area contributed by atoms with Gasteiger partial charge in [-0.2, -0.15) is 5.26 Å². The molecule has 34 heavy (non-hydrogen) atoms. The van der Waals surface area contributed by atoms with E-state index in [-0.39, 0.29) is 28.2 Å². The summed E-state index contributed by atoms with van der Waals surface area (Å²) in [5.74, 6) is 0.182. The third-order valence-corrected chi connectivity index (χ3v) is 4.89. The highest BCUT2D eigenvalue weighted by molar-refractivity contribution is 5.93. The molecular formula is C26H22FNO6. The van der Waals surface area contributed by atoms with E-state index in [9.17, 15) is 14.4 Å². The average molecular weight is 463 g/mol. The molecule has 0 atom stereocenters. The Morgan fingerprint density at radius 2 is 1.50 bits per heavy atom. The van der Waals surface area contributed by atoms with E-state index in [1.807, 2.05) is 6.07 Å². The number of benzene rings is 3. The van der Waals surface area contributed by atoms with Crippen molar-refractivity contribution < 1.29 is 32.9 Å². The summed E-state index contributed by atoms with van der Waals surface area (Å²) in [5, 5.41) is 9.50. The maximum atomic E-state index is 14.1. The summed E-state index contributed by atoms with van der Waals surface area (Å²) in [6.07, 6.45) is 1.52. The van der Waals surface area contributed by atoms with E-state index in [1.165, 1.54) is 64.8 Å². The van der Waals surface area contributed by atoms with E-state index in [0.717, 1.165) is 0 Å². The van der Waals surface area contributed by atoms with Gasteiger partial charge in [0.05, 0.1) is 45.6 Å². The lowest BCUT2D eigenvalue weighted by Crippen LogP contribution is -2.10. The predicted molar refractivity (Wildman–Crippen MR) is 124 cm³/mol. The Morgan fingerprint density at radius 3 is 2.06 bits per heavy atom. The van der Waals surface area contributed by atoms with Gasteiger partial charge in [0.1, 0.15) is 5.82 Å². The number of carbonyl (C=O) groups is 1. The number of halogens is 1. The molecule has 3 rings (SSSR count). The predicted octanol–water partition coefficient (Wildman–Crippen LogP) is 5.14. The lowest BCUT2D eigenvalue weighted by molar-refractivity contribution is 0.0728. The van der Waals surface area contributed by atoms with Gasteiger partial charge >= 0.3 is 5.97 Å². The summed E-state index contributed by atoms with van der Waals surface area (Å²) in [7, 11) is 5.77. The molecule has 3 aromatic rings. The molecule has 0 aliphatic rings. The van der Waals surface area contributed by atoms with Crippen molar-refractivity contribution in [1.82, 2.24) is 0 Å². The standard InChI is InChI=1S/C26H22FNO6/c1-30-22-12-16(11-18(15-28)19-7-5-6-8-20(19)27)9-10-21(22)34-26(29)17-13-23(31-2)25(33-4)24(14-17)32-3/h5-14H,1-4H3/b18-11-. The molecule has 0 saturated heterocycles. The van der Waals surface area contributed by atoms with Crippen molar-refractivity contribution in [3.8, 4) is 34.8 Å². The summed E-state index contributed by atoms with van der Waals surface area (Å²) in [6.45, 7) is 0. The Labute approximate surface area is 196 Å². The van der Waals surface area contributed by atoms with Crippen LogP contribution in [0.3, 0.4) is 0 Å². The molecule has 0 aliphatic heterocycles. The van der Waals surface area contributed by atoms with Gasteiger partial charge in [0.15, 0.2) is 23.0 Å². The average Bonchev–Trinajstić information content (AvgIpc) is 2.87. The number of esters is 1. The molecule has 174 valence electrons. The van der Waals surface area contributed by atoms with Crippen molar-refractivity contribution >= 4 is 17.6 Å². The molecule has 0 spiro atoms. The fourth-order valence-corrected chi connectivity index (χ4v) is 3.23. The molecule has 0 fully saturated rings. The fraction of sp³-hybridized carbons (Fsp3) is 0.154. The van der Waals surface area contributed by atoms with Crippen molar-refractivity contribution in [2.75, 3.05) is 28.4 Å². The maximum absolute atomic E-state index is 14.1. The van der Waals surface area contributed by atoms with Crippen LogP contribution < -0.4 is 23.7 Å². The zero-order valence-electron chi connectivity index (χ0n) is 19.0. The second-order valence-electron chi connectivity index (χ2n) is 6.86. The summed E-state index contributed by atoms with van der Waals surface area (Å²) in [4.78, 5) is 12.8. The van der Waals surface area contributed by atoms with Gasteiger partial charge in [0.2, 0.25) is 5.75 Å². The van der Waals surface area contributed by atoms with Crippen molar-refractivity contribution in [1.29, 1.82) is 5.26 Å². The van der Waals surface area contributed by atoms with Gasteiger partial charge in [-0.05, 0) is 42.0 Å². The summed E-state index contributed by atoms with van der Waals surface area (Å²) >= 11 is 0. The maximum Gasteiger partial charge on any atom is 0.343 e. The molecule has 0 heterocycles. The van der Waals surface area contributed by atoms with E-state index in [0.29, 0.717) is 22.8 Å². The van der Waals surface area contributed by atoms with Crippen LogP contribution in [0.4, 0.5) is 4.39 Å². The molecule has 0 N–H and O–H groups in total. The molecule has 0 saturated carbocycles. The van der Waals surface area contributed by atoms with Crippen LogP contribution in [0.5, 0.6) is 28.7 Å². The van der Waals surface area contributed by atoms with E-state index in [4.69, 9.17) is 23.7 Å². The zero-order valence-corrected chi connectivity index (χ0v) is 19.0. The molecule has 8 heteroatoms. The van der Waals surface area contributed by atoms with Crippen molar-refractivity contribution in [2.24, 2.45) is 0 Å². The highest BCUT2D eigenvalue weighted by atomic mass is 19.1. The summed E-state index contributed by atoms with van der Waals surface area (Å²) in [5.41, 5.74) is 1.06. The Morgan fingerprint density at radius 1 is 0.853 bits per heavy atom. The fourth-order valence-electron chi connectivity index (χ4n) is 3.23. The molecule has 0 aromatic heterocycles. The van der Waals surface area contributed by atoms with Crippen LogP contribution in [0.1, 0.15) is 21.5 Å². The van der Waals surface area contributed by atoms with Gasteiger partial charge in [-0.25, -0.2) is 9.18 Å². The minimum absolute atomic E-state index is 0.141. The molecule has 7 nitrogen and oxygen atoms in total. The highest BCUT2D eigenvalue weighted by Crippen LogP contribution is 2.39. The van der Waals surface area contributed by atoms with Gasteiger partial charge in [-0.1, -0.05) is 24.3 Å². The first kappa shape index (κ1) is 24.1. The highest BCUT2D eigenvalue weighted by Gasteiger charge is 2.20. The number of nitriles is 1. The zero-order chi connectivity index (χ0) is 24.7. The molecule has 0 amide bonds. The Kier molecular flexibility index (Phi) is 7.72. The molecular weight excluding hydrogens is 441 g/mol. The Balaban J connectivity index is 1.92. The Hall–Kier alpha value is -4.51. The van der Waals surface area contributed by atoms with E-state index in [2.05, 4.69) is 0 Å². The van der Waals surface area contributed by atoms with Crippen LogP contribution >= 0.6 is 0 Å². The lowest BCUT2D eigenvalue weighted by Gasteiger charge is -2.14. The van der Waals surface area contributed by atoms with Crippen LogP contribution in [0.2, 0.25) is 0 Å². The van der Waals surface area contributed by atoms with Crippen molar-refractivity contribution in [2.45, 2.75) is 0 Å². The van der Waals surface area contributed by atoms with Gasteiger partial charge < -0.3 is 23.7 Å². The number of nitrogens with zero attached hydrogens (tertiary/aromatic N) is 1. The van der Waals surface area contributed by atoms with Gasteiger partial charge in [0, 0.05) is 5.56 Å². The van der Waals surface area contributed by atoms with Crippen LogP contribution in [0.15, 0.2) is 54.6 Å². The number of rotatable bonds is 8. The monoisotopic (exact) mass is 463 g/mol. The number of carbonyl (C=O) groups excluding carboxylic acids is 1. The van der Waals surface area contributed by atoms with E-state index < -0.39 is 11.8 Å². The van der Waals surface area contributed by atoms with Crippen molar-refractivity contribution in [3.63, 3.8) is 0 Å². The van der Waals surface area contributed by atoms with Gasteiger partial charge in [-0.15, -0.1) is 0 Å². The number of hydrogen-bond donors (Lipinski definition) is 0. The van der Waals surface area contributed by atoms with Crippen LogP contribution in [-0.2, 0) is 0 Å². The summed E-state index contributed by atoms with van der Waals surface area (Å²) < 4.78 is 40.8. The van der Waals surface area contributed by atoms with Crippen LogP contribution in [-0.4, -0.2) is 34.4 Å². The second kappa shape index (κ2) is 10.9. The first-order valence-corrected chi connectivity index (χ1v) is 10.0. The summed E-state index contributed by atoms with van der Waals surface area (Å²) in [6, 6.07) is 15.7. The third-order valence-electron chi connectivity index (χ3n) is 4.89. The normalized spacial score (nSPS) is 10.8. The van der Waals surface area contributed by atoms with Gasteiger partial charge in [0.25, 0.3) is 0 Å². The number of hydrogen-bond acceptors (Lipinski definition) is 7. The topological polar surface area (TPSA) is 87.0 Å². The number of methoxy groups -OCH3 is 4. The molecule has 0 bridgehead atoms. The van der Waals surface area contributed by atoms with Crippen LogP contribution in [0.25, 0.3) is 11.6 Å². The van der Waals surface area contributed by atoms with Crippen LogP contribution in [0, 0.1) is 17.1 Å².